The molecule has 4 aliphatic rings. The van der Waals surface area contributed by atoms with Crippen LogP contribution in [-0.4, -0.2) is 99.7 Å². The summed E-state index contributed by atoms with van der Waals surface area (Å²) in [5.74, 6) is 0.229. The van der Waals surface area contributed by atoms with Crippen LogP contribution in [0, 0.1) is 11.8 Å². The molecule has 0 radical (unpaired) electrons. The monoisotopic (exact) mass is 778 g/mol. The number of anilines is 2. The number of carbonyl (C=O) groups is 4. The highest BCUT2D eigenvalue weighted by atomic mass is 16.2. The molecule has 0 spiro atoms. The van der Waals surface area contributed by atoms with E-state index in [4.69, 9.17) is 0 Å². The van der Waals surface area contributed by atoms with E-state index in [0.717, 1.165) is 35.4 Å². The number of likely N-dealkylation sites (N-methyl/N-ethyl adjacent to an activating group) is 2. The maximum atomic E-state index is 13.0. The fourth-order valence-electron chi connectivity index (χ4n) is 7.75. The third-order valence-electron chi connectivity index (χ3n) is 10.9. The number of aromatic nitrogens is 10. The predicted molar refractivity (Wildman–Crippen MR) is 206 cm³/mol. The second-order valence-corrected chi connectivity index (χ2v) is 14.8. The summed E-state index contributed by atoms with van der Waals surface area (Å²) >= 11 is 0. The molecule has 0 unspecified atom stereocenters. The number of rotatable bonds is 8. The van der Waals surface area contributed by atoms with Crippen molar-refractivity contribution >= 4 is 35.3 Å². The Kier molecular flexibility index (Phi) is 9.42. The summed E-state index contributed by atoms with van der Waals surface area (Å²) < 4.78 is 1.61. The molecular weight excluding hydrogens is 741 g/mol. The average Bonchev–Trinajstić information content (AvgIpc) is 4.14. The number of hydrogen-bond donors (Lipinski definition) is 2. The van der Waals surface area contributed by atoms with Gasteiger partial charge in [0.05, 0.1) is 36.9 Å². The van der Waals surface area contributed by atoms with E-state index in [1.807, 2.05) is 60.7 Å². The lowest BCUT2D eigenvalue weighted by molar-refractivity contribution is -0.121. The first-order valence-corrected chi connectivity index (χ1v) is 18.9. The molecule has 58 heavy (non-hydrogen) atoms. The number of benzene rings is 2. The fraction of sp³-hybridized carbons (Fsp3) is 0.300. The molecule has 292 valence electrons. The summed E-state index contributed by atoms with van der Waals surface area (Å²) in [6.45, 7) is 0.986. The van der Waals surface area contributed by atoms with Crippen molar-refractivity contribution in [3.05, 3.63) is 132 Å². The van der Waals surface area contributed by atoms with E-state index >= 15 is 0 Å². The zero-order chi connectivity index (χ0) is 39.9. The number of carbonyl (C=O) groups excluding carboxylic acids is 4. The van der Waals surface area contributed by atoms with Crippen LogP contribution in [0.1, 0.15) is 68.2 Å². The van der Waals surface area contributed by atoms with Crippen molar-refractivity contribution in [1.29, 1.82) is 0 Å². The van der Waals surface area contributed by atoms with Crippen LogP contribution in [0.4, 0.5) is 11.6 Å². The number of fused-ring (bicyclic) bond motifs is 6. The Bertz CT molecular complexity index is 2340. The molecule has 4 aromatic heterocycles. The van der Waals surface area contributed by atoms with E-state index in [9.17, 15) is 19.2 Å². The number of hydrogen-bond acceptors (Lipinski definition) is 12. The smallest absolute Gasteiger partial charge is 0.274 e. The van der Waals surface area contributed by atoms with Crippen LogP contribution in [-0.2, 0) is 22.7 Å². The van der Waals surface area contributed by atoms with Gasteiger partial charge in [-0.3, -0.25) is 38.9 Å². The van der Waals surface area contributed by atoms with E-state index in [2.05, 4.69) is 51.1 Å². The Morgan fingerprint density at radius 2 is 1.17 bits per heavy atom. The maximum absolute atomic E-state index is 13.0. The third-order valence-corrected chi connectivity index (χ3v) is 10.9. The van der Waals surface area contributed by atoms with Crippen LogP contribution in [0.15, 0.2) is 97.8 Å². The molecule has 10 rings (SSSR count). The van der Waals surface area contributed by atoms with Gasteiger partial charge in [0.1, 0.15) is 12.1 Å². The maximum Gasteiger partial charge on any atom is 0.274 e. The Morgan fingerprint density at radius 3 is 1.72 bits per heavy atom. The van der Waals surface area contributed by atoms with Crippen molar-refractivity contribution in [1.82, 2.24) is 60.6 Å². The molecule has 6 heterocycles. The largest absolute Gasteiger partial charge is 0.338 e. The summed E-state index contributed by atoms with van der Waals surface area (Å²) in [5.41, 5.74) is 4.11. The van der Waals surface area contributed by atoms with E-state index in [0.29, 0.717) is 24.7 Å². The SMILES string of the molecule is CN1C(=O)[C@@H](NC(=O)c2cn(Cc3ccccc3)nn2)[C@H]2C[C@H]2c2nccnc21.CN1C(=O)[C@@H](NC(=O)c2cnn(Cc3ccccc3)n2)[C@H]2C[C@H]2c2nccnc21. The normalized spacial score (nSPS) is 22.4. The first-order valence-electron chi connectivity index (χ1n) is 18.9. The first kappa shape index (κ1) is 36.4. The molecule has 2 aliphatic heterocycles. The van der Waals surface area contributed by atoms with Crippen molar-refractivity contribution < 1.29 is 19.2 Å². The van der Waals surface area contributed by atoms with Crippen molar-refractivity contribution in [2.24, 2.45) is 11.8 Å². The number of nitrogens with one attached hydrogen (secondary N) is 2. The standard InChI is InChI=1S/2C20H19N7O2/c1-26-18-16(21-7-8-22-18)13-9-14(13)17(20(26)29)24-19(28)15-10-23-27(25-15)11-12-5-3-2-4-6-12;1-26-18-16(21-7-8-22-18)13-9-14(13)17(20(26)29)23-19(28)15-11-27(25-24-15)10-12-5-3-2-4-6-12/h2-8,10,13-14,17H,9,11H2,1H3,(H,24,28);2-8,11,13-14,17H,9-10H2,1H3,(H,23,28)/t2*13-,14+,17+/m11/s1. The lowest BCUT2D eigenvalue weighted by Crippen LogP contribution is -2.48. The average molecular weight is 779 g/mol. The lowest BCUT2D eigenvalue weighted by Gasteiger charge is -2.22. The zero-order valence-corrected chi connectivity index (χ0v) is 31.5. The highest BCUT2D eigenvalue weighted by molar-refractivity contribution is 6.03. The zero-order valence-electron chi connectivity index (χ0n) is 31.5. The molecule has 6 aromatic rings. The van der Waals surface area contributed by atoms with Crippen LogP contribution >= 0.6 is 0 Å². The highest BCUT2D eigenvalue weighted by Crippen LogP contribution is 2.54. The van der Waals surface area contributed by atoms with Crippen molar-refractivity contribution in [2.45, 2.75) is 49.9 Å². The van der Waals surface area contributed by atoms with Gasteiger partial charge in [0.25, 0.3) is 23.6 Å². The quantitative estimate of drug-likeness (QED) is 0.227. The molecule has 0 saturated heterocycles. The van der Waals surface area contributed by atoms with Crippen molar-refractivity contribution in [3.8, 4) is 0 Å². The van der Waals surface area contributed by atoms with Gasteiger partial charge in [0.15, 0.2) is 23.0 Å². The van der Waals surface area contributed by atoms with Crippen LogP contribution in [0.2, 0.25) is 0 Å². The predicted octanol–water partition coefficient (Wildman–Crippen LogP) is 1.99. The summed E-state index contributed by atoms with van der Waals surface area (Å²) in [6.07, 6.45) is 11.0. The molecular formula is C40H38N14O4. The van der Waals surface area contributed by atoms with Gasteiger partial charge < -0.3 is 10.6 Å². The highest BCUT2D eigenvalue weighted by Gasteiger charge is 2.54. The van der Waals surface area contributed by atoms with E-state index < -0.39 is 23.9 Å². The molecule has 2 saturated carbocycles. The summed E-state index contributed by atoms with van der Waals surface area (Å²) in [4.78, 5) is 73.3. The Labute approximate surface area is 331 Å². The minimum absolute atomic E-state index is 0.0196. The third kappa shape index (κ3) is 7.15. The van der Waals surface area contributed by atoms with Gasteiger partial charge in [-0.05, 0) is 35.8 Å². The molecule has 2 aromatic carbocycles. The first-order chi connectivity index (χ1) is 28.2. The van der Waals surface area contributed by atoms with Gasteiger partial charge >= 0.3 is 0 Å². The van der Waals surface area contributed by atoms with Crippen LogP contribution < -0.4 is 20.4 Å². The minimum Gasteiger partial charge on any atom is -0.338 e. The van der Waals surface area contributed by atoms with E-state index in [1.54, 1.807) is 49.8 Å². The van der Waals surface area contributed by atoms with Gasteiger partial charge in [0, 0.05) is 50.7 Å². The Balaban J connectivity index is 0.000000150. The van der Waals surface area contributed by atoms with Gasteiger partial charge in [-0.2, -0.15) is 9.90 Å². The molecule has 0 bridgehead atoms. The van der Waals surface area contributed by atoms with Crippen molar-refractivity contribution in [2.75, 3.05) is 23.9 Å². The summed E-state index contributed by atoms with van der Waals surface area (Å²) in [6, 6.07) is 18.3. The Hall–Kier alpha value is -7.24. The van der Waals surface area contributed by atoms with Gasteiger partial charge in [0.2, 0.25) is 0 Å². The molecule has 2 aliphatic carbocycles. The molecule has 4 amide bonds. The van der Waals surface area contributed by atoms with Gasteiger partial charge in [-0.1, -0.05) is 65.9 Å². The molecule has 18 nitrogen and oxygen atoms in total. The summed E-state index contributed by atoms with van der Waals surface area (Å²) in [7, 11) is 3.33. The molecule has 2 N–H and O–H groups in total. The molecule has 18 heteroatoms. The Morgan fingerprint density at radius 1 is 0.672 bits per heavy atom. The van der Waals surface area contributed by atoms with Crippen LogP contribution in [0.25, 0.3) is 0 Å². The lowest BCUT2D eigenvalue weighted by atomic mass is 10.1. The second kappa shape index (κ2) is 15.0. The van der Waals surface area contributed by atoms with Gasteiger partial charge in [-0.15, -0.1) is 10.2 Å². The topological polar surface area (TPSA) is 212 Å². The second-order valence-electron chi connectivity index (χ2n) is 14.8. The summed E-state index contributed by atoms with van der Waals surface area (Å²) in [5, 5.41) is 22.1. The number of nitrogens with zero attached hydrogens (tertiary/aromatic N) is 12. The molecule has 6 atom stereocenters. The van der Waals surface area contributed by atoms with Gasteiger partial charge in [-0.25, -0.2) is 14.6 Å². The number of amides is 4. The molecule has 2 fully saturated rings. The van der Waals surface area contributed by atoms with Crippen molar-refractivity contribution in [3.63, 3.8) is 0 Å². The fourth-order valence-corrected chi connectivity index (χ4v) is 7.75. The minimum atomic E-state index is -0.632. The van der Waals surface area contributed by atoms with Crippen LogP contribution in [0.3, 0.4) is 0 Å². The van der Waals surface area contributed by atoms with Crippen LogP contribution in [0.5, 0.6) is 0 Å². The van der Waals surface area contributed by atoms with E-state index in [1.165, 1.54) is 20.8 Å². The van der Waals surface area contributed by atoms with E-state index in [-0.39, 0.29) is 46.9 Å².